The zero-order chi connectivity index (χ0) is 33.8. The number of hydrogen-bond donors (Lipinski definition) is 0. The summed E-state index contributed by atoms with van der Waals surface area (Å²) in [4.78, 5) is 0. The molecule has 5 heteroatoms. The van der Waals surface area contributed by atoms with Gasteiger partial charge in [0.25, 0.3) is 0 Å². The van der Waals surface area contributed by atoms with Crippen LogP contribution in [0.15, 0.2) is 146 Å². The molecule has 0 amide bonds. The summed E-state index contributed by atoms with van der Waals surface area (Å²) in [5, 5.41) is 34.0. The molecule has 232 valence electrons. The Kier molecular flexibility index (Phi) is 6.70. The maximum Gasteiger partial charge on any atom is 0.0998 e. The molecular weight excluding hydrogens is 611 g/mol. The number of benzene rings is 6. The third-order valence-electron chi connectivity index (χ3n) is 9.89. The summed E-state index contributed by atoms with van der Waals surface area (Å²) < 4.78 is 4.60. The minimum atomic E-state index is 0.0405. The van der Waals surface area contributed by atoms with Crippen molar-refractivity contribution in [3.63, 3.8) is 0 Å². The highest BCUT2D eigenvalue weighted by Crippen LogP contribution is 2.40. The second kappa shape index (κ2) is 11.5. The molecule has 0 N–H and O–H groups in total. The van der Waals surface area contributed by atoms with Crippen LogP contribution in [0.1, 0.15) is 34.7 Å². The normalized spacial score (nSPS) is 14.1. The molecule has 0 bridgehead atoms. The predicted molar refractivity (Wildman–Crippen MR) is 201 cm³/mol. The lowest BCUT2D eigenvalue weighted by molar-refractivity contribution is 0.650. The van der Waals surface area contributed by atoms with Gasteiger partial charge in [0, 0.05) is 38.1 Å². The zero-order valence-electron chi connectivity index (χ0n) is 26.9. The van der Waals surface area contributed by atoms with Crippen molar-refractivity contribution in [2.24, 2.45) is 0 Å². The molecule has 0 radical (unpaired) electrons. The van der Waals surface area contributed by atoms with E-state index in [1.165, 1.54) is 0 Å². The predicted octanol–water partition coefficient (Wildman–Crippen LogP) is 10.8. The van der Waals surface area contributed by atoms with Gasteiger partial charge in [0.2, 0.25) is 0 Å². The Morgan fingerprint density at radius 2 is 1.28 bits per heavy atom. The van der Waals surface area contributed by atoms with Gasteiger partial charge >= 0.3 is 0 Å². The van der Waals surface area contributed by atoms with Crippen LogP contribution in [0.5, 0.6) is 0 Å². The van der Waals surface area contributed by atoms with E-state index >= 15 is 0 Å². The Hall–Kier alpha value is -7.13. The van der Waals surface area contributed by atoms with Crippen LogP contribution in [0.3, 0.4) is 0 Å². The summed E-state index contributed by atoms with van der Waals surface area (Å²) in [6.07, 6.45) is 7.48. The van der Waals surface area contributed by atoms with Gasteiger partial charge in [-0.05, 0) is 89.9 Å². The van der Waals surface area contributed by atoms with Crippen molar-refractivity contribution >= 4 is 49.2 Å². The van der Waals surface area contributed by atoms with Crippen LogP contribution in [0.25, 0.3) is 66.0 Å². The molecule has 5 nitrogen and oxygen atoms in total. The summed E-state index contributed by atoms with van der Waals surface area (Å²) in [7, 11) is 0. The summed E-state index contributed by atoms with van der Waals surface area (Å²) in [5.41, 5.74) is 11.0. The molecule has 6 aromatic carbocycles. The molecule has 0 saturated carbocycles. The average Bonchev–Trinajstić information content (AvgIpc) is 3.70. The summed E-state index contributed by atoms with van der Waals surface area (Å²) in [5.74, 6) is 0. The quantitative estimate of drug-likeness (QED) is 0.193. The lowest BCUT2D eigenvalue weighted by Crippen LogP contribution is -2.08. The Bertz CT molecular complexity index is 2890. The largest absolute Gasteiger partial charge is 0.333 e. The number of aromatic nitrogens is 2. The van der Waals surface area contributed by atoms with Gasteiger partial charge in [-0.15, -0.1) is 0 Å². The molecule has 0 aliphatic heterocycles. The first-order valence-electron chi connectivity index (χ1n) is 16.6. The van der Waals surface area contributed by atoms with Gasteiger partial charge in [0.15, 0.2) is 0 Å². The molecule has 1 atom stereocenters. The van der Waals surface area contributed by atoms with Crippen LogP contribution >= 0.6 is 0 Å². The van der Waals surface area contributed by atoms with Crippen LogP contribution in [0, 0.1) is 34.0 Å². The third-order valence-corrected chi connectivity index (χ3v) is 9.89. The minimum Gasteiger partial charge on any atom is -0.333 e. The van der Waals surface area contributed by atoms with E-state index in [1.54, 1.807) is 0 Å². The summed E-state index contributed by atoms with van der Waals surface area (Å²) >= 11 is 0. The van der Waals surface area contributed by atoms with Crippen molar-refractivity contribution in [3.8, 4) is 35.0 Å². The molecule has 2 heterocycles. The monoisotopic (exact) mass is 637 g/mol. The zero-order valence-corrected chi connectivity index (χ0v) is 26.9. The number of rotatable bonds is 4. The molecule has 0 spiro atoms. The van der Waals surface area contributed by atoms with Crippen LogP contribution < -0.4 is 0 Å². The standard InChI is InChI=1S/C45H27N5/c46-26-29-19-20-43-39(23-29)37-13-2-5-16-41(37)49(43)35-11-7-9-31(25-35)33-21-30(27-47)22-34(24-33)36-12-1-4-15-40(36)50-42-17-6-3-14-38(42)45-32(28-48)10-8-18-44(45)50/h1-10,12-25,35H,11H2. The van der Waals surface area contributed by atoms with E-state index in [1.807, 2.05) is 66.7 Å². The van der Waals surface area contributed by atoms with Crippen molar-refractivity contribution in [2.75, 3.05) is 0 Å². The molecule has 0 saturated heterocycles. The van der Waals surface area contributed by atoms with E-state index in [-0.39, 0.29) is 6.04 Å². The van der Waals surface area contributed by atoms with E-state index in [2.05, 4.69) is 106 Å². The fourth-order valence-electron chi connectivity index (χ4n) is 7.77. The van der Waals surface area contributed by atoms with Gasteiger partial charge < -0.3 is 9.13 Å². The van der Waals surface area contributed by atoms with Crippen LogP contribution in [-0.2, 0) is 0 Å². The topological polar surface area (TPSA) is 81.2 Å². The van der Waals surface area contributed by atoms with E-state index in [0.717, 1.165) is 78.0 Å². The molecule has 8 aromatic rings. The van der Waals surface area contributed by atoms with Crippen molar-refractivity contribution in [1.82, 2.24) is 9.13 Å². The first-order valence-corrected chi connectivity index (χ1v) is 16.6. The van der Waals surface area contributed by atoms with Crippen LogP contribution in [-0.4, -0.2) is 9.13 Å². The van der Waals surface area contributed by atoms with Gasteiger partial charge in [-0.25, -0.2) is 0 Å². The van der Waals surface area contributed by atoms with Crippen LogP contribution in [0.2, 0.25) is 0 Å². The Morgan fingerprint density at radius 1 is 0.560 bits per heavy atom. The maximum absolute atomic E-state index is 10.3. The number of nitrogens with zero attached hydrogens (tertiary/aromatic N) is 5. The van der Waals surface area contributed by atoms with Gasteiger partial charge in [0.05, 0.1) is 57.7 Å². The first kappa shape index (κ1) is 29.0. The highest BCUT2D eigenvalue weighted by molar-refractivity contribution is 6.12. The average molecular weight is 638 g/mol. The number of hydrogen-bond acceptors (Lipinski definition) is 3. The van der Waals surface area contributed by atoms with Crippen molar-refractivity contribution in [2.45, 2.75) is 12.5 Å². The van der Waals surface area contributed by atoms with Crippen molar-refractivity contribution in [1.29, 1.82) is 15.8 Å². The molecule has 50 heavy (non-hydrogen) atoms. The van der Waals surface area contributed by atoms with E-state index < -0.39 is 0 Å². The SMILES string of the molecule is N#Cc1cc(C2=CC(n3c4ccccc4c4cc(C#N)ccc43)CC=C2)cc(-c2ccccc2-n2c3ccccc3c3c(C#N)cccc32)c1. The molecule has 9 rings (SSSR count). The Labute approximate surface area is 288 Å². The first-order chi connectivity index (χ1) is 24.7. The lowest BCUT2D eigenvalue weighted by atomic mass is 9.91. The van der Waals surface area contributed by atoms with E-state index in [0.29, 0.717) is 16.7 Å². The second-order valence-corrected chi connectivity index (χ2v) is 12.7. The van der Waals surface area contributed by atoms with Crippen molar-refractivity contribution in [3.05, 3.63) is 168 Å². The molecule has 1 unspecified atom stereocenters. The van der Waals surface area contributed by atoms with Gasteiger partial charge in [-0.1, -0.05) is 78.9 Å². The van der Waals surface area contributed by atoms with Crippen LogP contribution in [0.4, 0.5) is 0 Å². The van der Waals surface area contributed by atoms with Gasteiger partial charge in [-0.3, -0.25) is 0 Å². The Morgan fingerprint density at radius 3 is 2.12 bits per heavy atom. The summed E-state index contributed by atoms with van der Waals surface area (Å²) in [6, 6.07) is 49.9. The molecule has 0 fully saturated rings. The van der Waals surface area contributed by atoms with Crippen molar-refractivity contribution < 1.29 is 0 Å². The Balaban J connectivity index is 1.21. The molecular formula is C45H27N5. The molecule has 1 aliphatic carbocycles. The van der Waals surface area contributed by atoms with E-state index in [4.69, 9.17) is 0 Å². The maximum atomic E-state index is 10.3. The number of fused-ring (bicyclic) bond motifs is 6. The fourth-order valence-corrected chi connectivity index (χ4v) is 7.77. The highest BCUT2D eigenvalue weighted by atomic mass is 15.0. The third kappa shape index (κ3) is 4.45. The fraction of sp³-hybridized carbons (Fsp3) is 0.0444. The molecule has 2 aromatic heterocycles. The smallest absolute Gasteiger partial charge is 0.0998 e. The number of para-hydroxylation sites is 3. The second-order valence-electron chi connectivity index (χ2n) is 12.7. The minimum absolute atomic E-state index is 0.0405. The molecule has 1 aliphatic rings. The number of nitriles is 3. The summed E-state index contributed by atoms with van der Waals surface area (Å²) in [6.45, 7) is 0. The van der Waals surface area contributed by atoms with E-state index in [9.17, 15) is 15.8 Å². The highest BCUT2D eigenvalue weighted by Gasteiger charge is 2.21. The van der Waals surface area contributed by atoms with Gasteiger partial charge in [-0.2, -0.15) is 15.8 Å². The number of allylic oxidation sites excluding steroid dienone is 4. The van der Waals surface area contributed by atoms with Gasteiger partial charge in [0.1, 0.15) is 0 Å². The lowest BCUT2D eigenvalue weighted by Gasteiger charge is -2.22.